The summed E-state index contributed by atoms with van der Waals surface area (Å²) in [6.45, 7) is 5.60. The highest BCUT2D eigenvalue weighted by Gasteiger charge is 2.66. The number of fused-ring (bicyclic) bond motifs is 1. The lowest BCUT2D eigenvalue weighted by atomic mass is 9.76. The summed E-state index contributed by atoms with van der Waals surface area (Å²) in [5, 5.41) is 2.32. The molecule has 1 aromatic rings. The number of amides is 2. The van der Waals surface area contributed by atoms with Gasteiger partial charge in [-0.15, -0.1) is 0 Å². The molecule has 7 nitrogen and oxygen atoms in total. The van der Waals surface area contributed by atoms with Crippen molar-refractivity contribution in [2.24, 2.45) is 10.9 Å². The molecule has 0 spiro atoms. The van der Waals surface area contributed by atoms with E-state index in [2.05, 4.69) is 10.3 Å². The smallest absolute Gasteiger partial charge is 0.415 e. The van der Waals surface area contributed by atoms with Crippen molar-refractivity contribution in [2.75, 3.05) is 13.2 Å². The topological polar surface area (TPSA) is 80.2 Å². The van der Waals surface area contributed by atoms with E-state index in [1.54, 1.807) is 20.8 Å². The van der Waals surface area contributed by atoms with Crippen molar-refractivity contribution in [3.8, 4) is 0 Å². The summed E-state index contributed by atoms with van der Waals surface area (Å²) in [6, 6.07) is 5.12. The quantitative estimate of drug-likeness (QED) is 0.709. The number of hydrogen-bond acceptors (Lipinski definition) is 5. The first-order chi connectivity index (χ1) is 14.3. The predicted molar refractivity (Wildman–Crippen MR) is 102 cm³/mol. The molecule has 1 N–H and O–H groups in total. The molecule has 170 valence electrons. The van der Waals surface area contributed by atoms with E-state index in [-0.39, 0.29) is 18.1 Å². The molecular formula is C20H23F4N3O4. The van der Waals surface area contributed by atoms with Gasteiger partial charge in [-0.1, -0.05) is 18.2 Å². The monoisotopic (exact) mass is 445 g/mol. The second-order valence-corrected chi connectivity index (χ2v) is 8.30. The van der Waals surface area contributed by atoms with Crippen LogP contribution in [-0.4, -0.2) is 53.9 Å². The van der Waals surface area contributed by atoms with Gasteiger partial charge >= 0.3 is 12.3 Å². The minimum absolute atomic E-state index is 0.0815. The molecule has 2 amide bonds. The Morgan fingerprint density at radius 1 is 1.32 bits per heavy atom. The van der Waals surface area contributed by atoms with Gasteiger partial charge in [0.1, 0.15) is 22.9 Å². The highest BCUT2D eigenvalue weighted by molar-refractivity contribution is 6.06. The maximum atomic E-state index is 14.7. The molecule has 2 aliphatic rings. The minimum atomic E-state index is -4.88. The van der Waals surface area contributed by atoms with E-state index >= 15 is 0 Å². The number of carbonyl (C=O) groups excluding carboxylic acids is 2. The van der Waals surface area contributed by atoms with Crippen molar-refractivity contribution in [3.05, 3.63) is 35.6 Å². The summed E-state index contributed by atoms with van der Waals surface area (Å²) >= 11 is 0. The van der Waals surface area contributed by atoms with E-state index < -0.39 is 53.8 Å². The maximum Gasteiger partial charge on any atom is 0.415 e. The van der Waals surface area contributed by atoms with E-state index in [1.165, 1.54) is 25.1 Å². The number of alkyl halides is 3. The molecule has 2 heterocycles. The standard InChI is InChI=1S/C20H23F4N3O4/c1-5-27-15(28)13-14(20(22,23)24)30-10-19(13,11-8-6-7-9-12(11)21)26-16(27)25-17(29)31-18(2,3)4/h6-9,13-14H,5,10H2,1-4H3,(H,25,26,29)/t13-,14-,19+/m0/s1. The van der Waals surface area contributed by atoms with E-state index in [0.717, 1.165) is 11.0 Å². The number of alkyl carbamates (subject to hydrolysis) is 1. The number of rotatable bonds is 2. The number of halogens is 4. The Labute approximate surface area is 176 Å². The number of nitrogens with one attached hydrogen (secondary N) is 1. The van der Waals surface area contributed by atoms with Crippen LogP contribution in [0.1, 0.15) is 33.3 Å². The number of carbonyl (C=O) groups is 2. The number of aliphatic imine (C=N–C) groups is 1. The SMILES string of the molecule is CCN1C(=O)[C@@H]2[C@@H](C(F)(F)F)OC[C@]2(c2ccccc2F)N=C1NC(=O)OC(C)(C)C. The molecule has 0 aliphatic carbocycles. The summed E-state index contributed by atoms with van der Waals surface area (Å²) in [4.78, 5) is 30.7. The van der Waals surface area contributed by atoms with Crippen LogP contribution in [0, 0.1) is 11.7 Å². The summed E-state index contributed by atoms with van der Waals surface area (Å²) in [5.74, 6) is -4.00. The molecule has 1 aromatic carbocycles. The fourth-order valence-corrected chi connectivity index (χ4v) is 3.81. The number of nitrogens with zero attached hydrogens (tertiary/aromatic N) is 2. The highest BCUT2D eigenvalue weighted by atomic mass is 19.4. The first kappa shape index (κ1) is 23.0. The van der Waals surface area contributed by atoms with Crippen molar-refractivity contribution in [2.45, 2.75) is 51.1 Å². The Balaban J connectivity index is 2.15. The summed E-state index contributed by atoms with van der Waals surface area (Å²) in [5.41, 5.74) is -3.10. The zero-order valence-corrected chi connectivity index (χ0v) is 17.4. The highest BCUT2D eigenvalue weighted by Crippen LogP contribution is 2.50. The lowest BCUT2D eigenvalue weighted by molar-refractivity contribution is -0.218. The molecule has 0 bridgehead atoms. The van der Waals surface area contributed by atoms with Crippen LogP contribution >= 0.6 is 0 Å². The fraction of sp³-hybridized carbons (Fsp3) is 0.550. The molecule has 0 unspecified atom stereocenters. The van der Waals surface area contributed by atoms with Crippen LogP contribution in [0.25, 0.3) is 0 Å². The number of benzene rings is 1. The van der Waals surface area contributed by atoms with Crippen LogP contribution in [0.2, 0.25) is 0 Å². The van der Waals surface area contributed by atoms with Crippen molar-refractivity contribution < 1.29 is 36.6 Å². The van der Waals surface area contributed by atoms with Gasteiger partial charge in [-0.05, 0) is 33.8 Å². The van der Waals surface area contributed by atoms with Gasteiger partial charge in [-0.2, -0.15) is 13.2 Å². The van der Waals surface area contributed by atoms with Crippen molar-refractivity contribution >= 4 is 18.0 Å². The van der Waals surface area contributed by atoms with Gasteiger partial charge in [0.2, 0.25) is 11.9 Å². The molecule has 0 saturated carbocycles. The third kappa shape index (κ3) is 4.23. The Morgan fingerprint density at radius 3 is 2.52 bits per heavy atom. The maximum absolute atomic E-state index is 14.7. The van der Waals surface area contributed by atoms with Gasteiger partial charge in [0, 0.05) is 12.1 Å². The van der Waals surface area contributed by atoms with Crippen LogP contribution in [-0.2, 0) is 19.8 Å². The lowest BCUT2D eigenvalue weighted by Gasteiger charge is -2.40. The number of ether oxygens (including phenoxy) is 2. The number of guanidine groups is 1. The summed E-state index contributed by atoms with van der Waals surface area (Å²) < 4.78 is 65.9. The summed E-state index contributed by atoms with van der Waals surface area (Å²) in [7, 11) is 0. The lowest BCUT2D eigenvalue weighted by Crippen LogP contribution is -2.60. The van der Waals surface area contributed by atoms with Gasteiger partial charge in [0.05, 0.1) is 6.61 Å². The van der Waals surface area contributed by atoms with Crippen LogP contribution in [0.4, 0.5) is 22.4 Å². The Hall–Kier alpha value is -2.69. The molecule has 0 aromatic heterocycles. The van der Waals surface area contributed by atoms with Crippen LogP contribution in [0.5, 0.6) is 0 Å². The van der Waals surface area contributed by atoms with Crippen LogP contribution in [0.15, 0.2) is 29.3 Å². The van der Waals surface area contributed by atoms with Gasteiger partial charge in [-0.25, -0.2) is 14.2 Å². The Kier molecular flexibility index (Phi) is 5.76. The average molecular weight is 445 g/mol. The first-order valence-corrected chi connectivity index (χ1v) is 9.64. The van der Waals surface area contributed by atoms with Gasteiger partial charge < -0.3 is 9.47 Å². The Bertz CT molecular complexity index is 912. The zero-order valence-electron chi connectivity index (χ0n) is 17.4. The molecule has 1 saturated heterocycles. The molecular weight excluding hydrogens is 422 g/mol. The van der Waals surface area contributed by atoms with Crippen molar-refractivity contribution in [1.82, 2.24) is 10.2 Å². The van der Waals surface area contributed by atoms with E-state index in [9.17, 15) is 27.2 Å². The first-order valence-electron chi connectivity index (χ1n) is 9.64. The van der Waals surface area contributed by atoms with Crippen molar-refractivity contribution in [3.63, 3.8) is 0 Å². The van der Waals surface area contributed by atoms with Gasteiger partial charge in [0.15, 0.2) is 6.10 Å². The molecule has 3 atom stereocenters. The second kappa shape index (κ2) is 7.77. The predicted octanol–water partition coefficient (Wildman–Crippen LogP) is 3.34. The van der Waals surface area contributed by atoms with E-state index in [1.807, 2.05) is 0 Å². The molecule has 3 rings (SSSR count). The molecule has 1 fully saturated rings. The number of hydrogen-bond donors (Lipinski definition) is 1. The van der Waals surface area contributed by atoms with Crippen LogP contribution in [0.3, 0.4) is 0 Å². The fourth-order valence-electron chi connectivity index (χ4n) is 3.81. The third-order valence-corrected chi connectivity index (χ3v) is 4.99. The van der Waals surface area contributed by atoms with E-state index in [0.29, 0.717) is 0 Å². The van der Waals surface area contributed by atoms with Gasteiger partial charge in [-0.3, -0.25) is 15.0 Å². The molecule has 31 heavy (non-hydrogen) atoms. The largest absolute Gasteiger partial charge is 0.444 e. The summed E-state index contributed by atoms with van der Waals surface area (Å²) in [6.07, 6.45) is -8.30. The van der Waals surface area contributed by atoms with Crippen LogP contribution < -0.4 is 5.32 Å². The minimum Gasteiger partial charge on any atom is -0.444 e. The molecule has 11 heteroatoms. The Morgan fingerprint density at radius 2 is 1.97 bits per heavy atom. The van der Waals surface area contributed by atoms with Gasteiger partial charge in [0.25, 0.3) is 0 Å². The molecule has 2 aliphatic heterocycles. The van der Waals surface area contributed by atoms with Crippen molar-refractivity contribution in [1.29, 1.82) is 0 Å². The average Bonchev–Trinajstić information content (AvgIpc) is 3.01. The van der Waals surface area contributed by atoms with E-state index in [4.69, 9.17) is 9.47 Å². The third-order valence-electron chi connectivity index (χ3n) is 4.99. The zero-order chi connectivity index (χ0) is 23.2. The normalized spacial score (nSPS) is 26.4. The molecule has 0 radical (unpaired) electrons. The second-order valence-electron chi connectivity index (χ2n) is 8.30.